The fourth-order valence-corrected chi connectivity index (χ4v) is 4.16. The number of nitrogens with two attached hydrogens (primary N) is 1. The standard InChI is InChI=1S/C13H19NO3S/c14-9-13(10-1-3-12(15)4-2-10)11-5-7-18(16,17)8-6-11/h1-4,11,13,15H,5-9,14H2. The molecule has 4 nitrogen and oxygen atoms in total. The second-order valence-corrected chi connectivity index (χ2v) is 7.23. The van der Waals surface area contributed by atoms with Gasteiger partial charge in [0, 0.05) is 0 Å². The molecule has 1 aromatic rings. The summed E-state index contributed by atoms with van der Waals surface area (Å²) in [7, 11) is -2.83. The van der Waals surface area contributed by atoms with Gasteiger partial charge in [-0.2, -0.15) is 0 Å². The normalized spacial score (nSPS) is 21.6. The summed E-state index contributed by atoms with van der Waals surface area (Å²) in [6.07, 6.45) is 1.37. The fraction of sp³-hybridized carbons (Fsp3) is 0.538. The minimum atomic E-state index is -2.83. The Balaban J connectivity index is 2.12. The van der Waals surface area contributed by atoms with Crippen molar-refractivity contribution in [2.75, 3.05) is 18.1 Å². The van der Waals surface area contributed by atoms with Crippen LogP contribution in [-0.2, 0) is 9.84 Å². The molecule has 2 rings (SSSR count). The Morgan fingerprint density at radius 3 is 2.28 bits per heavy atom. The molecule has 1 fully saturated rings. The Kier molecular flexibility index (Phi) is 3.92. The number of hydrogen-bond donors (Lipinski definition) is 2. The lowest BCUT2D eigenvalue weighted by Gasteiger charge is -2.29. The zero-order valence-electron chi connectivity index (χ0n) is 10.2. The molecule has 1 aliphatic heterocycles. The number of sulfone groups is 1. The molecule has 1 unspecified atom stereocenters. The molecule has 1 aliphatic rings. The van der Waals surface area contributed by atoms with E-state index in [0.29, 0.717) is 25.3 Å². The summed E-state index contributed by atoms with van der Waals surface area (Å²) in [4.78, 5) is 0. The van der Waals surface area contributed by atoms with Crippen molar-refractivity contribution in [3.63, 3.8) is 0 Å². The number of rotatable bonds is 3. The molecule has 1 heterocycles. The van der Waals surface area contributed by atoms with Crippen LogP contribution < -0.4 is 5.73 Å². The molecule has 1 aromatic carbocycles. The summed E-state index contributed by atoms with van der Waals surface area (Å²) in [6.45, 7) is 0.509. The Bertz CT molecular complexity index is 481. The number of phenolic OH excluding ortho intramolecular Hbond substituents is 1. The fourth-order valence-electron chi connectivity index (χ4n) is 2.63. The molecule has 100 valence electrons. The SMILES string of the molecule is NCC(c1ccc(O)cc1)C1CCS(=O)(=O)CC1. The molecule has 18 heavy (non-hydrogen) atoms. The predicted molar refractivity (Wildman–Crippen MR) is 71.3 cm³/mol. The lowest BCUT2D eigenvalue weighted by Crippen LogP contribution is -2.30. The van der Waals surface area contributed by atoms with Crippen molar-refractivity contribution in [2.45, 2.75) is 18.8 Å². The second-order valence-electron chi connectivity index (χ2n) is 4.92. The summed E-state index contributed by atoms with van der Waals surface area (Å²) in [5.74, 6) is 1.28. The van der Waals surface area contributed by atoms with Crippen LogP contribution in [0.5, 0.6) is 5.75 Å². The van der Waals surface area contributed by atoms with Gasteiger partial charge in [-0.25, -0.2) is 8.42 Å². The van der Waals surface area contributed by atoms with Crippen molar-refractivity contribution in [3.05, 3.63) is 29.8 Å². The van der Waals surface area contributed by atoms with E-state index in [1.54, 1.807) is 12.1 Å². The van der Waals surface area contributed by atoms with Crippen LogP contribution >= 0.6 is 0 Å². The molecule has 0 aliphatic carbocycles. The van der Waals surface area contributed by atoms with E-state index < -0.39 is 9.84 Å². The third-order valence-electron chi connectivity index (χ3n) is 3.74. The van der Waals surface area contributed by atoms with E-state index in [-0.39, 0.29) is 23.2 Å². The van der Waals surface area contributed by atoms with Crippen molar-refractivity contribution in [2.24, 2.45) is 11.7 Å². The van der Waals surface area contributed by atoms with Crippen LogP contribution in [0.4, 0.5) is 0 Å². The first-order valence-electron chi connectivity index (χ1n) is 6.21. The van der Waals surface area contributed by atoms with Crippen molar-refractivity contribution < 1.29 is 13.5 Å². The van der Waals surface area contributed by atoms with E-state index in [2.05, 4.69) is 0 Å². The van der Waals surface area contributed by atoms with Gasteiger partial charge in [0.15, 0.2) is 0 Å². The molecule has 0 bridgehead atoms. The maximum absolute atomic E-state index is 11.4. The van der Waals surface area contributed by atoms with Crippen molar-refractivity contribution in [1.82, 2.24) is 0 Å². The Labute approximate surface area is 108 Å². The summed E-state index contributed by atoms with van der Waals surface area (Å²) < 4.78 is 22.8. The van der Waals surface area contributed by atoms with Gasteiger partial charge in [-0.3, -0.25) is 0 Å². The van der Waals surface area contributed by atoms with E-state index >= 15 is 0 Å². The quantitative estimate of drug-likeness (QED) is 0.865. The summed E-state index contributed by atoms with van der Waals surface area (Å²) in [5.41, 5.74) is 6.91. The Hall–Kier alpha value is -1.07. The first-order chi connectivity index (χ1) is 8.52. The molecule has 1 atom stereocenters. The first-order valence-corrected chi connectivity index (χ1v) is 8.03. The minimum Gasteiger partial charge on any atom is -0.508 e. The summed E-state index contributed by atoms with van der Waals surface area (Å²) >= 11 is 0. The lowest BCUT2D eigenvalue weighted by molar-refractivity contribution is 0.388. The third-order valence-corrected chi connectivity index (χ3v) is 5.46. The molecule has 0 spiro atoms. The highest BCUT2D eigenvalue weighted by atomic mass is 32.2. The van der Waals surface area contributed by atoms with Gasteiger partial charge in [0.1, 0.15) is 15.6 Å². The van der Waals surface area contributed by atoms with Gasteiger partial charge in [-0.1, -0.05) is 12.1 Å². The predicted octanol–water partition coefficient (Wildman–Crippen LogP) is 1.26. The van der Waals surface area contributed by atoms with E-state index in [1.165, 1.54) is 0 Å². The zero-order valence-corrected chi connectivity index (χ0v) is 11.1. The van der Waals surface area contributed by atoms with E-state index in [4.69, 9.17) is 5.73 Å². The van der Waals surface area contributed by atoms with E-state index in [1.807, 2.05) is 12.1 Å². The maximum Gasteiger partial charge on any atom is 0.150 e. The highest BCUT2D eigenvalue weighted by molar-refractivity contribution is 7.91. The van der Waals surface area contributed by atoms with Crippen LogP contribution in [0.25, 0.3) is 0 Å². The topological polar surface area (TPSA) is 80.4 Å². The average molecular weight is 269 g/mol. The smallest absolute Gasteiger partial charge is 0.150 e. The van der Waals surface area contributed by atoms with E-state index in [9.17, 15) is 13.5 Å². The lowest BCUT2D eigenvalue weighted by atomic mass is 9.82. The number of phenols is 1. The van der Waals surface area contributed by atoms with Crippen LogP contribution in [0.1, 0.15) is 24.3 Å². The summed E-state index contributed by atoms with van der Waals surface area (Å²) in [6, 6.07) is 7.04. The second kappa shape index (κ2) is 5.28. The number of benzene rings is 1. The largest absolute Gasteiger partial charge is 0.508 e. The van der Waals surface area contributed by atoms with Crippen LogP contribution in [0, 0.1) is 5.92 Å². The van der Waals surface area contributed by atoms with Crippen LogP contribution in [0.2, 0.25) is 0 Å². The van der Waals surface area contributed by atoms with Crippen LogP contribution in [0.3, 0.4) is 0 Å². The van der Waals surface area contributed by atoms with Crippen molar-refractivity contribution in [1.29, 1.82) is 0 Å². The minimum absolute atomic E-state index is 0.182. The average Bonchev–Trinajstić information content (AvgIpc) is 2.34. The van der Waals surface area contributed by atoms with Gasteiger partial charge in [-0.05, 0) is 48.9 Å². The summed E-state index contributed by atoms with van der Waals surface area (Å²) in [5, 5.41) is 9.28. The Morgan fingerprint density at radius 1 is 1.22 bits per heavy atom. The molecule has 1 saturated heterocycles. The maximum atomic E-state index is 11.4. The zero-order chi connectivity index (χ0) is 13.2. The van der Waals surface area contributed by atoms with Gasteiger partial charge < -0.3 is 10.8 Å². The van der Waals surface area contributed by atoms with Crippen LogP contribution in [0.15, 0.2) is 24.3 Å². The molecule has 0 radical (unpaired) electrons. The monoisotopic (exact) mass is 269 g/mol. The number of aromatic hydroxyl groups is 1. The highest BCUT2D eigenvalue weighted by Gasteiger charge is 2.29. The highest BCUT2D eigenvalue weighted by Crippen LogP contribution is 2.33. The Morgan fingerprint density at radius 2 is 1.78 bits per heavy atom. The van der Waals surface area contributed by atoms with Crippen molar-refractivity contribution >= 4 is 9.84 Å². The van der Waals surface area contributed by atoms with E-state index in [0.717, 1.165) is 5.56 Å². The molecule has 0 amide bonds. The van der Waals surface area contributed by atoms with Gasteiger partial charge in [0.2, 0.25) is 0 Å². The van der Waals surface area contributed by atoms with Gasteiger partial charge in [0.05, 0.1) is 11.5 Å². The molecule has 3 N–H and O–H groups in total. The van der Waals surface area contributed by atoms with Crippen molar-refractivity contribution in [3.8, 4) is 5.75 Å². The van der Waals surface area contributed by atoms with Gasteiger partial charge in [0.25, 0.3) is 0 Å². The molecule has 5 heteroatoms. The number of hydrogen-bond acceptors (Lipinski definition) is 4. The first kappa shape index (κ1) is 13.4. The van der Waals surface area contributed by atoms with Gasteiger partial charge in [-0.15, -0.1) is 0 Å². The molecular weight excluding hydrogens is 250 g/mol. The van der Waals surface area contributed by atoms with Gasteiger partial charge >= 0.3 is 0 Å². The molecule has 0 saturated carbocycles. The molecular formula is C13H19NO3S. The van der Waals surface area contributed by atoms with Crippen LogP contribution in [-0.4, -0.2) is 31.6 Å². The molecule has 0 aromatic heterocycles. The third kappa shape index (κ3) is 3.03.